The fourth-order valence-electron chi connectivity index (χ4n) is 2.86. The fraction of sp³-hybridized carbons (Fsp3) is 0.0455. The van der Waals surface area contributed by atoms with E-state index in [-0.39, 0.29) is 0 Å². The molecule has 27 heavy (non-hydrogen) atoms. The van der Waals surface area contributed by atoms with Crippen molar-refractivity contribution in [1.29, 1.82) is 0 Å². The summed E-state index contributed by atoms with van der Waals surface area (Å²) >= 11 is 6.19. The van der Waals surface area contributed by atoms with E-state index in [1.807, 2.05) is 79.7 Å². The van der Waals surface area contributed by atoms with Crippen molar-refractivity contribution in [2.45, 2.75) is 6.92 Å². The van der Waals surface area contributed by atoms with Crippen LogP contribution in [-0.2, 0) is 0 Å². The SMILES string of the molecule is Cc1ccccc1/C=N\Nc1nc(-c2ccccc2)c2cc(Cl)ccc2n1. The quantitative estimate of drug-likeness (QED) is 0.369. The van der Waals surface area contributed by atoms with Crippen LogP contribution in [0.5, 0.6) is 0 Å². The molecule has 4 aromatic rings. The first kappa shape index (κ1) is 17.2. The van der Waals surface area contributed by atoms with Gasteiger partial charge in [-0.1, -0.05) is 66.2 Å². The highest BCUT2D eigenvalue weighted by Crippen LogP contribution is 2.29. The van der Waals surface area contributed by atoms with Crippen LogP contribution in [0.25, 0.3) is 22.2 Å². The maximum atomic E-state index is 6.19. The first-order chi connectivity index (χ1) is 13.2. The van der Waals surface area contributed by atoms with Crippen molar-refractivity contribution >= 4 is 34.7 Å². The summed E-state index contributed by atoms with van der Waals surface area (Å²) in [5.74, 6) is 0.438. The lowest BCUT2D eigenvalue weighted by Crippen LogP contribution is -2.00. The molecular formula is C22H17ClN4. The number of nitrogens with zero attached hydrogens (tertiary/aromatic N) is 3. The molecule has 1 N–H and O–H groups in total. The standard InChI is InChI=1S/C22H17ClN4/c1-15-7-5-6-10-17(15)14-24-27-22-25-20-12-11-18(23)13-19(20)21(26-22)16-8-3-2-4-9-16/h2-14H,1H3,(H,25,26,27)/b24-14-. The van der Waals surface area contributed by atoms with E-state index in [0.29, 0.717) is 11.0 Å². The number of hydrogen-bond donors (Lipinski definition) is 1. The van der Waals surface area contributed by atoms with E-state index in [0.717, 1.165) is 33.3 Å². The second-order valence-corrected chi connectivity index (χ2v) is 6.59. The molecule has 1 heterocycles. The van der Waals surface area contributed by atoms with Crippen molar-refractivity contribution in [3.05, 3.63) is 88.9 Å². The molecule has 0 saturated heterocycles. The molecule has 0 amide bonds. The normalized spacial score (nSPS) is 11.2. The van der Waals surface area contributed by atoms with Crippen molar-refractivity contribution in [3.8, 4) is 11.3 Å². The van der Waals surface area contributed by atoms with Crippen LogP contribution in [0.1, 0.15) is 11.1 Å². The van der Waals surface area contributed by atoms with Crippen LogP contribution < -0.4 is 5.43 Å². The highest BCUT2D eigenvalue weighted by Gasteiger charge is 2.10. The third kappa shape index (κ3) is 3.81. The molecule has 0 aliphatic rings. The lowest BCUT2D eigenvalue weighted by Gasteiger charge is -2.09. The lowest BCUT2D eigenvalue weighted by molar-refractivity contribution is 1.15. The number of aromatic nitrogens is 2. The van der Waals surface area contributed by atoms with E-state index in [1.165, 1.54) is 0 Å². The summed E-state index contributed by atoms with van der Waals surface area (Å²) in [7, 11) is 0. The van der Waals surface area contributed by atoms with Crippen molar-refractivity contribution in [2.24, 2.45) is 5.10 Å². The van der Waals surface area contributed by atoms with Gasteiger partial charge in [0.2, 0.25) is 5.95 Å². The minimum absolute atomic E-state index is 0.438. The summed E-state index contributed by atoms with van der Waals surface area (Å²) in [5, 5.41) is 5.86. The van der Waals surface area contributed by atoms with Crippen LogP contribution in [0.15, 0.2) is 77.9 Å². The zero-order chi connectivity index (χ0) is 18.6. The zero-order valence-corrected chi connectivity index (χ0v) is 15.5. The Morgan fingerprint density at radius 3 is 2.52 bits per heavy atom. The molecule has 3 aromatic carbocycles. The maximum Gasteiger partial charge on any atom is 0.244 e. The topological polar surface area (TPSA) is 50.2 Å². The van der Waals surface area contributed by atoms with Gasteiger partial charge in [-0.2, -0.15) is 5.10 Å². The first-order valence-corrected chi connectivity index (χ1v) is 8.96. The number of benzene rings is 3. The molecule has 0 saturated carbocycles. The number of hydrazone groups is 1. The molecule has 0 radical (unpaired) electrons. The molecule has 4 rings (SSSR count). The van der Waals surface area contributed by atoms with Crippen LogP contribution in [0, 0.1) is 6.92 Å². The van der Waals surface area contributed by atoms with Crippen LogP contribution in [0.4, 0.5) is 5.95 Å². The van der Waals surface area contributed by atoms with Gasteiger partial charge in [-0.15, -0.1) is 0 Å². The second-order valence-electron chi connectivity index (χ2n) is 6.15. The van der Waals surface area contributed by atoms with Gasteiger partial charge in [0.1, 0.15) is 0 Å². The Labute approximate surface area is 162 Å². The van der Waals surface area contributed by atoms with Crippen LogP contribution in [0.2, 0.25) is 5.02 Å². The molecule has 5 heteroatoms. The molecular weight excluding hydrogens is 356 g/mol. The average molecular weight is 373 g/mol. The third-order valence-corrected chi connectivity index (χ3v) is 4.50. The van der Waals surface area contributed by atoms with Gasteiger partial charge in [-0.05, 0) is 36.2 Å². The van der Waals surface area contributed by atoms with E-state index in [9.17, 15) is 0 Å². The Morgan fingerprint density at radius 2 is 1.70 bits per heavy atom. The Kier molecular flexibility index (Phi) is 4.81. The molecule has 0 aliphatic heterocycles. The summed E-state index contributed by atoms with van der Waals surface area (Å²) < 4.78 is 0. The van der Waals surface area contributed by atoms with E-state index < -0.39 is 0 Å². The highest BCUT2D eigenvalue weighted by atomic mass is 35.5. The van der Waals surface area contributed by atoms with Crippen molar-refractivity contribution in [3.63, 3.8) is 0 Å². The second kappa shape index (κ2) is 7.56. The van der Waals surface area contributed by atoms with Crippen LogP contribution in [-0.4, -0.2) is 16.2 Å². The van der Waals surface area contributed by atoms with E-state index in [1.54, 1.807) is 6.21 Å². The molecule has 0 fully saturated rings. The summed E-state index contributed by atoms with van der Waals surface area (Å²) in [6.07, 6.45) is 1.77. The Balaban J connectivity index is 1.74. The van der Waals surface area contributed by atoms with Gasteiger partial charge in [0, 0.05) is 16.0 Å². The van der Waals surface area contributed by atoms with Crippen LogP contribution >= 0.6 is 11.6 Å². The summed E-state index contributed by atoms with van der Waals surface area (Å²) in [6.45, 7) is 2.05. The maximum absolute atomic E-state index is 6.19. The van der Waals surface area contributed by atoms with Crippen molar-refractivity contribution in [1.82, 2.24) is 9.97 Å². The van der Waals surface area contributed by atoms with Gasteiger partial charge in [0.15, 0.2) is 0 Å². The monoisotopic (exact) mass is 372 g/mol. The molecule has 0 bridgehead atoms. The number of hydrogen-bond acceptors (Lipinski definition) is 4. The third-order valence-electron chi connectivity index (χ3n) is 4.26. The molecule has 4 nitrogen and oxygen atoms in total. The molecule has 0 spiro atoms. The molecule has 0 aliphatic carbocycles. The summed E-state index contributed by atoms with van der Waals surface area (Å²) in [4.78, 5) is 9.23. The van der Waals surface area contributed by atoms with Gasteiger partial charge < -0.3 is 0 Å². The van der Waals surface area contributed by atoms with Crippen LogP contribution in [0.3, 0.4) is 0 Å². The number of halogens is 1. The van der Waals surface area contributed by atoms with E-state index in [2.05, 4.69) is 20.5 Å². The van der Waals surface area contributed by atoms with Gasteiger partial charge in [0.05, 0.1) is 17.4 Å². The number of rotatable bonds is 4. The van der Waals surface area contributed by atoms with Gasteiger partial charge in [-0.3, -0.25) is 0 Å². The number of nitrogens with one attached hydrogen (secondary N) is 1. The predicted octanol–water partition coefficient (Wildman–Crippen LogP) is 5.70. The predicted molar refractivity (Wildman–Crippen MR) is 112 cm³/mol. The molecule has 0 unspecified atom stereocenters. The van der Waals surface area contributed by atoms with Gasteiger partial charge >= 0.3 is 0 Å². The average Bonchev–Trinajstić information content (AvgIpc) is 2.70. The summed E-state index contributed by atoms with van der Waals surface area (Å²) in [6, 6.07) is 23.6. The minimum atomic E-state index is 0.438. The highest BCUT2D eigenvalue weighted by molar-refractivity contribution is 6.31. The number of aryl methyl sites for hydroxylation is 1. The Bertz CT molecular complexity index is 1120. The van der Waals surface area contributed by atoms with Gasteiger partial charge in [-0.25, -0.2) is 15.4 Å². The Hall–Kier alpha value is -3.24. The smallest absolute Gasteiger partial charge is 0.244 e. The van der Waals surface area contributed by atoms with Crippen molar-refractivity contribution in [2.75, 3.05) is 5.43 Å². The molecule has 132 valence electrons. The first-order valence-electron chi connectivity index (χ1n) is 8.58. The summed E-state index contributed by atoms with van der Waals surface area (Å²) in [5.41, 5.74) is 7.77. The van der Waals surface area contributed by atoms with Gasteiger partial charge in [0.25, 0.3) is 0 Å². The molecule has 0 atom stereocenters. The largest absolute Gasteiger partial charge is 0.245 e. The van der Waals surface area contributed by atoms with Crippen molar-refractivity contribution < 1.29 is 0 Å². The number of fused-ring (bicyclic) bond motifs is 1. The van der Waals surface area contributed by atoms with E-state index in [4.69, 9.17) is 11.6 Å². The Morgan fingerprint density at radius 1 is 0.926 bits per heavy atom. The number of anilines is 1. The minimum Gasteiger partial charge on any atom is -0.245 e. The fourth-order valence-corrected chi connectivity index (χ4v) is 3.03. The van der Waals surface area contributed by atoms with E-state index >= 15 is 0 Å². The lowest BCUT2D eigenvalue weighted by atomic mass is 10.1. The molecule has 1 aromatic heterocycles. The zero-order valence-electron chi connectivity index (χ0n) is 14.7.